The molecule has 6 nitrogen and oxygen atoms in total. The van der Waals surface area contributed by atoms with Crippen molar-refractivity contribution >= 4 is 17.8 Å². The van der Waals surface area contributed by atoms with Crippen LogP contribution in [-0.4, -0.2) is 58.4 Å². The number of likely N-dealkylation sites (tertiary alicyclic amines) is 1. The molecule has 6 heteroatoms. The van der Waals surface area contributed by atoms with E-state index in [1.54, 1.807) is 4.90 Å². The highest BCUT2D eigenvalue weighted by molar-refractivity contribution is 5.84. The van der Waals surface area contributed by atoms with Gasteiger partial charge in [0.25, 0.3) is 0 Å². The maximum Gasteiger partial charge on any atom is 0.326 e. The van der Waals surface area contributed by atoms with Crippen molar-refractivity contribution in [1.82, 2.24) is 9.80 Å². The third kappa shape index (κ3) is 4.21. The van der Waals surface area contributed by atoms with Crippen LogP contribution in [0.5, 0.6) is 0 Å². The molecule has 1 fully saturated rings. The first kappa shape index (κ1) is 16.5. The molecular weight excluding hydrogens is 260 g/mol. The number of nitrogens with zero attached hydrogens (tertiary/aromatic N) is 2. The smallest absolute Gasteiger partial charge is 0.326 e. The molecule has 20 heavy (non-hydrogen) atoms. The van der Waals surface area contributed by atoms with E-state index in [1.807, 2.05) is 13.8 Å². The van der Waals surface area contributed by atoms with Crippen LogP contribution in [0.3, 0.4) is 0 Å². The van der Waals surface area contributed by atoms with Crippen molar-refractivity contribution in [2.45, 2.75) is 52.0 Å². The number of carbonyl (C=O) groups excluding carboxylic acids is 2. The molecule has 0 aromatic carbocycles. The summed E-state index contributed by atoms with van der Waals surface area (Å²) < 4.78 is 0. The first-order valence-electron chi connectivity index (χ1n) is 7.31. The Labute approximate surface area is 119 Å². The molecule has 0 spiro atoms. The van der Waals surface area contributed by atoms with Gasteiger partial charge in [0.05, 0.1) is 0 Å². The Bertz CT molecular complexity index is 366. The van der Waals surface area contributed by atoms with Crippen molar-refractivity contribution in [1.29, 1.82) is 0 Å². The van der Waals surface area contributed by atoms with E-state index in [4.69, 9.17) is 5.11 Å². The van der Waals surface area contributed by atoms with Crippen LogP contribution in [0.25, 0.3) is 0 Å². The van der Waals surface area contributed by atoms with Gasteiger partial charge in [-0.3, -0.25) is 9.59 Å². The molecule has 2 amide bonds. The fourth-order valence-electron chi connectivity index (χ4n) is 2.59. The summed E-state index contributed by atoms with van der Waals surface area (Å²) in [6.07, 6.45) is 2.34. The van der Waals surface area contributed by atoms with Gasteiger partial charge in [0.15, 0.2) is 0 Å². The summed E-state index contributed by atoms with van der Waals surface area (Å²) in [4.78, 5) is 38.0. The molecule has 1 heterocycles. The number of aliphatic carboxylic acids is 1. The van der Waals surface area contributed by atoms with Gasteiger partial charge in [-0.05, 0) is 33.1 Å². The molecule has 0 aliphatic carbocycles. The van der Waals surface area contributed by atoms with E-state index in [-0.39, 0.29) is 18.2 Å². The van der Waals surface area contributed by atoms with E-state index in [2.05, 4.69) is 0 Å². The number of amides is 2. The van der Waals surface area contributed by atoms with Gasteiger partial charge in [0.1, 0.15) is 6.04 Å². The minimum absolute atomic E-state index is 0.0546. The maximum atomic E-state index is 12.0. The molecule has 1 aliphatic heterocycles. The summed E-state index contributed by atoms with van der Waals surface area (Å²) in [5.74, 6) is -1.03. The molecule has 0 aromatic heterocycles. The lowest BCUT2D eigenvalue weighted by atomic mass is 10.2. The Balaban J connectivity index is 2.36. The molecular formula is C14H24N2O4. The topological polar surface area (TPSA) is 77.9 Å². The molecule has 0 bridgehead atoms. The second kappa shape index (κ2) is 7.87. The average Bonchev–Trinajstić information content (AvgIpc) is 2.89. The minimum atomic E-state index is -0.935. The SMILES string of the molecule is CCN(CC)C(=O)CCCC(=O)N1CCC[C@H]1C(=O)O. The Hall–Kier alpha value is -1.59. The number of carbonyl (C=O) groups is 3. The van der Waals surface area contributed by atoms with Crippen molar-refractivity contribution in [2.24, 2.45) is 0 Å². The highest BCUT2D eigenvalue weighted by atomic mass is 16.4. The van der Waals surface area contributed by atoms with Gasteiger partial charge in [0.2, 0.25) is 11.8 Å². The number of hydrogen-bond acceptors (Lipinski definition) is 3. The zero-order valence-corrected chi connectivity index (χ0v) is 12.3. The largest absolute Gasteiger partial charge is 0.480 e. The molecule has 1 aliphatic rings. The van der Waals surface area contributed by atoms with Crippen LogP contribution in [0.4, 0.5) is 0 Å². The molecule has 1 saturated heterocycles. The fraction of sp³-hybridized carbons (Fsp3) is 0.786. The lowest BCUT2D eigenvalue weighted by Gasteiger charge is -2.22. The van der Waals surface area contributed by atoms with Crippen molar-refractivity contribution in [2.75, 3.05) is 19.6 Å². The standard InChI is InChI=1S/C14H24N2O4/c1-3-15(4-2)12(17)8-5-9-13(18)16-10-6-7-11(16)14(19)20/h11H,3-10H2,1-2H3,(H,19,20)/t11-/m0/s1. The third-order valence-corrected chi connectivity index (χ3v) is 3.76. The van der Waals surface area contributed by atoms with E-state index in [0.29, 0.717) is 38.9 Å². The second-order valence-electron chi connectivity index (χ2n) is 5.00. The predicted molar refractivity (Wildman–Crippen MR) is 74.1 cm³/mol. The van der Waals surface area contributed by atoms with Gasteiger partial charge in [0, 0.05) is 32.5 Å². The molecule has 0 radical (unpaired) electrons. The van der Waals surface area contributed by atoms with Crippen molar-refractivity contribution < 1.29 is 19.5 Å². The van der Waals surface area contributed by atoms with Crippen LogP contribution >= 0.6 is 0 Å². The highest BCUT2D eigenvalue weighted by Gasteiger charge is 2.33. The van der Waals surface area contributed by atoms with E-state index in [9.17, 15) is 14.4 Å². The number of carboxylic acids is 1. The monoisotopic (exact) mass is 284 g/mol. The van der Waals surface area contributed by atoms with Gasteiger partial charge in [-0.25, -0.2) is 4.79 Å². The maximum absolute atomic E-state index is 12.0. The van der Waals surface area contributed by atoms with Crippen LogP contribution in [0.1, 0.15) is 46.0 Å². The van der Waals surface area contributed by atoms with Crippen LogP contribution in [0.2, 0.25) is 0 Å². The van der Waals surface area contributed by atoms with Crippen LogP contribution in [0, 0.1) is 0 Å². The van der Waals surface area contributed by atoms with E-state index >= 15 is 0 Å². The Morgan fingerprint density at radius 2 is 1.85 bits per heavy atom. The van der Waals surface area contributed by atoms with E-state index in [0.717, 1.165) is 6.42 Å². The first-order valence-corrected chi connectivity index (χ1v) is 7.31. The van der Waals surface area contributed by atoms with Gasteiger partial charge in [-0.15, -0.1) is 0 Å². The predicted octanol–water partition coefficient (Wildman–Crippen LogP) is 1.10. The van der Waals surface area contributed by atoms with Crippen molar-refractivity contribution in [3.63, 3.8) is 0 Å². The first-order chi connectivity index (χ1) is 9.51. The molecule has 0 saturated carbocycles. The van der Waals surface area contributed by atoms with Crippen molar-refractivity contribution in [3.8, 4) is 0 Å². The van der Waals surface area contributed by atoms with E-state index in [1.165, 1.54) is 4.90 Å². The van der Waals surface area contributed by atoms with Gasteiger partial charge >= 0.3 is 5.97 Å². The summed E-state index contributed by atoms with van der Waals surface area (Å²) in [6.45, 7) is 5.72. The summed E-state index contributed by atoms with van der Waals surface area (Å²) >= 11 is 0. The van der Waals surface area contributed by atoms with Crippen LogP contribution in [-0.2, 0) is 14.4 Å². The Morgan fingerprint density at radius 3 is 2.40 bits per heavy atom. The average molecular weight is 284 g/mol. The Morgan fingerprint density at radius 1 is 1.20 bits per heavy atom. The van der Waals surface area contributed by atoms with E-state index < -0.39 is 12.0 Å². The van der Waals surface area contributed by atoms with Gasteiger partial charge in [-0.1, -0.05) is 0 Å². The number of hydrogen-bond donors (Lipinski definition) is 1. The molecule has 1 rings (SSSR count). The lowest BCUT2D eigenvalue weighted by molar-refractivity contribution is -0.148. The molecule has 1 atom stereocenters. The quantitative estimate of drug-likeness (QED) is 0.759. The molecule has 0 aromatic rings. The Kier molecular flexibility index (Phi) is 6.48. The fourth-order valence-corrected chi connectivity index (χ4v) is 2.59. The number of carboxylic acid groups (broad SMARTS) is 1. The zero-order chi connectivity index (χ0) is 15.1. The normalized spacial score (nSPS) is 18.1. The summed E-state index contributed by atoms with van der Waals surface area (Å²) in [7, 11) is 0. The third-order valence-electron chi connectivity index (χ3n) is 3.76. The summed E-state index contributed by atoms with van der Waals surface area (Å²) in [5.41, 5.74) is 0. The van der Waals surface area contributed by atoms with Crippen molar-refractivity contribution in [3.05, 3.63) is 0 Å². The highest BCUT2D eigenvalue weighted by Crippen LogP contribution is 2.19. The summed E-state index contributed by atoms with van der Waals surface area (Å²) in [5, 5.41) is 9.03. The lowest BCUT2D eigenvalue weighted by Crippen LogP contribution is -2.40. The molecule has 0 unspecified atom stereocenters. The van der Waals surface area contributed by atoms with Gasteiger partial charge < -0.3 is 14.9 Å². The van der Waals surface area contributed by atoms with Gasteiger partial charge in [-0.2, -0.15) is 0 Å². The van der Waals surface area contributed by atoms with Crippen LogP contribution in [0.15, 0.2) is 0 Å². The summed E-state index contributed by atoms with van der Waals surface area (Å²) in [6, 6.07) is -0.680. The minimum Gasteiger partial charge on any atom is -0.480 e. The molecule has 1 N–H and O–H groups in total. The number of rotatable bonds is 7. The second-order valence-corrected chi connectivity index (χ2v) is 5.00. The zero-order valence-electron chi connectivity index (χ0n) is 12.3. The molecule has 114 valence electrons. The van der Waals surface area contributed by atoms with Crippen LogP contribution < -0.4 is 0 Å².